The van der Waals surface area contributed by atoms with Crippen LogP contribution in [-0.4, -0.2) is 32.3 Å². The van der Waals surface area contributed by atoms with Crippen molar-refractivity contribution in [2.75, 3.05) is 26.4 Å². The van der Waals surface area contributed by atoms with E-state index in [2.05, 4.69) is 5.32 Å². The van der Waals surface area contributed by atoms with E-state index in [0.29, 0.717) is 41.3 Å². The zero-order chi connectivity index (χ0) is 18.1. The lowest BCUT2D eigenvalue weighted by Crippen LogP contribution is -2.32. The van der Waals surface area contributed by atoms with Gasteiger partial charge in [-0.2, -0.15) is 0 Å². The van der Waals surface area contributed by atoms with Gasteiger partial charge in [0.1, 0.15) is 23.9 Å². The van der Waals surface area contributed by atoms with Gasteiger partial charge < -0.3 is 19.5 Å². The number of hydrogen-bond acceptors (Lipinski definition) is 4. The molecule has 0 heterocycles. The summed E-state index contributed by atoms with van der Waals surface area (Å²) in [6.45, 7) is 3.13. The fourth-order valence-corrected chi connectivity index (χ4v) is 2.41. The van der Waals surface area contributed by atoms with Gasteiger partial charge in [-0.25, -0.2) is 0 Å². The molecular formula is C18H19Cl2NO4. The molecule has 1 amide bonds. The molecule has 0 bridgehead atoms. The first kappa shape index (κ1) is 19.2. The summed E-state index contributed by atoms with van der Waals surface area (Å²) in [4.78, 5) is 11.7. The molecule has 2 rings (SSSR count). The Hall–Kier alpha value is -2.11. The Morgan fingerprint density at radius 2 is 1.68 bits per heavy atom. The average molecular weight is 384 g/mol. The lowest BCUT2D eigenvalue weighted by atomic mass is 10.3. The van der Waals surface area contributed by atoms with Gasteiger partial charge in [-0.3, -0.25) is 4.79 Å². The summed E-state index contributed by atoms with van der Waals surface area (Å²) < 4.78 is 16.2. The maximum atomic E-state index is 11.7. The molecule has 0 fully saturated rings. The van der Waals surface area contributed by atoms with Crippen LogP contribution in [0.1, 0.15) is 6.92 Å². The molecule has 0 aliphatic heterocycles. The number of carbonyl (C=O) groups is 1. The molecule has 0 spiro atoms. The summed E-state index contributed by atoms with van der Waals surface area (Å²) in [5.41, 5.74) is 0. The van der Waals surface area contributed by atoms with E-state index in [4.69, 9.17) is 37.4 Å². The Morgan fingerprint density at radius 1 is 1.00 bits per heavy atom. The zero-order valence-electron chi connectivity index (χ0n) is 13.8. The van der Waals surface area contributed by atoms with Gasteiger partial charge >= 0.3 is 0 Å². The van der Waals surface area contributed by atoms with E-state index in [9.17, 15) is 4.79 Å². The fraction of sp³-hybridized carbons (Fsp3) is 0.278. The van der Waals surface area contributed by atoms with Crippen molar-refractivity contribution < 1.29 is 19.0 Å². The van der Waals surface area contributed by atoms with Crippen molar-refractivity contribution in [3.63, 3.8) is 0 Å². The highest BCUT2D eigenvalue weighted by molar-refractivity contribution is 6.35. The third kappa shape index (κ3) is 6.72. The normalized spacial score (nSPS) is 10.2. The number of benzene rings is 2. The number of rotatable bonds is 9. The molecule has 2 aromatic rings. The number of halogens is 2. The number of nitrogens with one attached hydrogen (secondary N) is 1. The third-order valence-corrected chi connectivity index (χ3v) is 3.61. The van der Waals surface area contributed by atoms with Gasteiger partial charge in [0.05, 0.1) is 18.2 Å². The number of ether oxygens (including phenoxy) is 3. The highest BCUT2D eigenvalue weighted by Crippen LogP contribution is 2.27. The number of amides is 1. The summed E-state index contributed by atoms with van der Waals surface area (Å²) in [6.07, 6.45) is 0. The molecule has 5 nitrogen and oxygen atoms in total. The van der Waals surface area contributed by atoms with Gasteiger partial charge in [-0.15, -0.1) is 0 Å². The minimum atomic E-state index is -0.263. The highest BCUT2D eigenvalue weighted by Gasteiger charge is 2.06. The summed E-state index contributed by atoms with van der Waals surface area (Å²) >= 11 is 11.8. The predicted octanol–water partition coefficient (Wildman–Crippen LogP) is 3.97. The molecule has 0 atom stereocenters. The first-order chi connectivity index (χ1) is 12.1. The minimum absolute atomic E-state index is 0.135. The van der Waals surface area contributed by atoms with E-state index in [-0.39, 0.29) is 12.5 Å². The molecule has 0 radical (unpaired) electrons. The smallest absolute Gasteiger partial charge is 0.258 e. The molecule has 1 N–H and O–H groups in total. The first-order valence-corrected chi connectivity index (χ1v) is 8.54. The van der Waals surface area contributed by atoms with Crippen LogP contribution in [0.15, 0.2) is 42.5 Å². The van der Waals surface area contributed by atoms with Crippen LogP contribution in [0.4, 0.5) is 0 Å². The van der Waals surface area contributed by atoms with Crippen molar-refractivity contribution in [1.29, 1.82) is 0 Å². The minimum Gasteiger partial charge on any atom is -0.494 e. The second-order valence-electron chi connectivity index (χ2n) is 4.97. The summed E-state index contributed by atoms with van der Waals surface area (Å²) in [5, 5.41) is 3.57. The van der Waals surface area contributed by atoms with Gasteiger partial charge in [0.2, 0.25) is 0 Å². The molecular weight excluding hydrogens is 365 g/mol. The van der Waals surface area contributed by atoms with Crippen LogP contribution >= 0.6 is 23.2 Å². The van der Waals surface area contributed by atoms with E-state index < -0.39 is 0 Å². The largest absolute Gasteiger partial charge is 0.494 e. The highest BCUT2D eigenvalue weighted by atomic mass is 35.5. The average Bonchev–Trinajstić information content (AvgIpc) is 2.59. The van der Waals surface area contributed by atoms with Gasteiger partial charge in [0, 0.05) is 5.02 Å². The molecule has 25 heavy (non-hydrogen) atoms. The molecule has 7 heteroatoms. The molecule has 0 aliphatic carbocycles. The van der Waals surface area contributed by atoms with Gasteiger partial charge in [0.25, 0.3) is 5.91 Å². The van der Waals surface area contributed by atoms with Crippen molar-refractivity contribution in [3.8, 4) is 17.2 Å². The second-order valence-corrected chi connectivity index (χ2v) is 5.81. The monoisotopic (exact) mass is 383 g/mol. The zero-order valence-corrected chi connectivity index (χ0v) is 15.3. The van der Waals surface area contributed by atoms with E-state index in [1.807, 2.05) is 31.2 Å². The molecule has 0 aromatic heterocycles. The predicted molar refractivity (Wildman–Crippen MR) is 98.1 cm³/mol. The lowest BCUT2D eigenvalue weighted by molar-refractivity contribution is -0.123. The Labute approximate surface area is 156 Å². The van der Waals surface area contributed by atoms with E-state index in [0.717, 1.165) is 5.75 Å². The Kier molecular flexibility index (Phi) is 7.70. The van der Waals surface area contributed by atoms with Gasteiger partial charge in [0.15, 0.2) is 6.61 Å². The third-order valence-electron chi connectivity index (χ3n) is 3.08. The second kappa shape index (κ2) is 10.0. The molecule has 134 valence electrons. The van der Waals surface area contributed by atoms with Crippen LogP contribution in [-0.2, 0) is 4.79 Å². The van der Waals surface area contributed by atoms with Crippen LogP contribution in [0.2, 0.25) is 10.0 Å². The van der Waals surface area contributed by atoms with Gasteiger partial charge in [-0.05, 0) is 49.4 Å². The van der Waals surface area contributed by atoms with E-state index in [1.54, 1.807) is 18.2 Å². The fourth-order valence-electron chi connectivity index (χ4n) is 1.94. The number of carbonyl (C=O) groups excluding carboxylic acids is 1. The van der Waals surface area contributed by atoms with Crippen molar-refractivity contribution in [3.05, 3.63) is 52.5 Å². The van der Waals surface area contributed by atoms with Crippen molar-refractivity contribution in [1.82, 2.24) is 5.32 Å². The SMILES string of the molecule is CCOc1ccc(OCCNC(=O)COc2ccc(Cl)cc2Cl)cc1. The standard InChI is InChI=1S/C18H19Cl2NO4/c1-2-23-14-4-6-15(7-5-14)24-10-9-21-18(22)12-25-17-8-3-13(19)11-16(17)20/h3-8,11H,2,9-10,12H2,1H3,(H,21,22). The quantitative estimate of drug-likeness (QED) is 0.665. The Bertz CT molecular complexity index is 692. The van der Waals surface area contributed by atoms with Crippen LogP contribution in [0.25, 0.3) is 0 Å². The maximum Gasteiger partial charge on any atom is 0.258 e. The Morgan fingerprint density at radius 3 is 2.32 bits per heavy atom. The van der Waals surface area contributed by atoms with Crippen LogP contribution < -0.4 is 19.5 Å². The summed E-state index contributed by atoms with van der Waals surface area (Å²) in [7, 11) is 0. The van der Waals surface area contributed by atoms with Crippen molar-refractivity contribution in [2.45, 2.75) is 6.92 Å². The first-order valence-electron chi connectivity index (χ1n) is 7.78. The number of hydrogen-bond donors (Lipinski definition) is 1. The molecule has 0 saturated heterocycles. The molecule has 0 unspecified atom stereocenters. The topological polar surface area (TPSA) is 56.8 Å². The van der Waals surface area contributed by atoms with E-state index in [1.165, 1.54) is 0 Å². The van der Waals surface area contributed by atoms with E-state index >= 15 is 0 Å². The van der Waals surface area contributed by atoms with Crippen molar-refractivity contribution in [2.24, 2.45) is 0 Å². The summed E-state index contributed by atoms with van der Waals surface area (Å²) in [5.74, 6) is 1.65. The summed E-state index contributed by atoms with van der Waals surface area (Å²) in [6, 6.07) is 12.1. The molecule has 0 saturated carbocycles. The van der Waals surface area contributed by atoms with Crippen LogP contribution in [0, 0.1) is 0 Å². The van der Waals surface area contributed by atoms with Crippen LogP contribution in [0.3, 0.4) is 0 Å². The van der Waals surface area contributed by atoms with Crippen LogP contribution in [0.5, 0.6) is 17.2 Å². The Balaban J connectivity index is 1.65. The maximum absolute atomic E-state index is 11.7. The molecule has 0 aliphatic rings. The van der Waals surface area contributed by atoms with Gasteiger partial charge in [-0.1, -0.05) is 23.2 Å². The van der Waals surface area contributed by atoms with Crippen molar-refractivity contribution >= 4 is 29.1 Å². The molecule has 2 aromatic carbocycles. The lowest BCUT2D eigenvalue weighted by Gasteiger charge is -2.10.